The van der Waals surface area contributed by atoms with Gasteiger partial charge in [0, 0.05) is 37.0 Å². The van der Waals surface area contributed by atoms with Crippen LogP contribution in [-0.4, -0.2) is 22.6 Å². The van der Waals surface area contributed by atoms with Crippen molar-refractivity contribution in [2.45, 2.75) is 19.5 Å². The van der Waals surface area contributed by atoms with E-state index in [1.54, 1.807) is 12.3 Å². The molecule has 4 aromatic rings. The zero-order chi connectivity index (χ0) is 22.2. The summed E-state index contributed by atoms with van der Waals surface area (Å²) >= 11 is 0. The van der Waals surface area contributed by atoms with Crippen LogP contribution in [0.15, 0.2) is 64.3 Å². The van der Waals surface area contributed by atoms with Gasteiger partial charge >= 0.3 is 0 Å². The lowest BCUT2D eigenvalue weighted by molar-refractivity contribution is 0.0951. The summed E-state index contributed by atoms with van der Waals surface area (Å²) in [7, 11) is 0. The van der Waals surface area contributed by atoms with E-state index in [0.717, 1.165) is 28.8 Å². The summed E-state index contributed by atoms with van der Waals surface area (Å²) in [6.45, 7) is 1.53. The quantitative estimate of drug-likeness (QED) is 0.417. The van der Waals surface area contributed by atoms with Crippen molar-refractivity contribution in [2.24, 2.45) is 0 Å². The molecule has 8 nitrogen and oxygen atoms in total. The molecule has 0 bridgehead atoms. The van der Waals surface area contributed by atoms with Gasteiger partial charge in [0.2, 0.25) is 0 Å². The van der Waals surface area contributed by atoms with E-state index < -0.39 is 10.9 Å². The largest absolute Gasteiger partial charge is 0.394 e. The smallest absolute Gasteiger partial charge is 0.253 e. The summed E-state index contributed by atoms with van der Waals surface area (Å²) in [5.41, 5.74) is 10.4. The van der Waals surface area contributed by atoms with Gasteiger partial charge in [0.25, 0.3) is 16.8 Å². The predicted octanol–water partition coefficient (Wildman–Crippen LogP) is 1.75. The van der Waals surface area contributed by atoms with Crippen LogP contribution in [0.5, 0.6) is 0 Å². The lowest BCUT2D eigenvalue weighted by Gasteiger charge is -2.32. The number of rotatable bonds is 5. The SMILES string of the molecule is Nc1c(N2CCc3ccc(CNC(=O)c4cccc(-c5cc[nH]n5)c4)cc3C2)c(=O)c1=O. The minimum absolute atomic E-state index is 0.0546. The van der Waals surface area contributed by atoms with Gasteiger partial charge in [0.05, 0.1) is 5.69 Å². The third-order valence-electron chi connectivity index (χ3n) is 5.89. The third kappa shape index (κ3) is 3.45. The van der Waals surface area contributed by atoms with Crippen LogP contribution in [0, 0.1) is 0 Å². The van der Waals surface area contributed by atoms with E-state index in [-0.39, 0.29) is 11.6 Å². The van der Waals surface area contributed by atoms with Crippen molar-refractivity contribution >= 4 is 17.3 Å². The monoisotopic (exact) mass is 427 g/mol. The van der Waals surface area contributed by atoms with Gasteiger partial charge in [0.1, 0.15) is 11.4 Å². The molecule has 1 amide bonds. The molecule has 8 heteroatoms. The first-order chi connectivity index (χ1) is 15.5. The highest BCUT2D eigenvalue weighted by Crippen LogP contribution is 2.26. The second kappa shape index (κ2) is 7.81. The Hall–Kier alpha value is -4.20. The fourth-order valence-electron chi connectivity index (χ4n) is 4.15. The van der Waals surface area contributed by atoms with Crippen LogP contribution in [-0.2, 0) is 19.5 Å². The highest BCUT2D eigenvalue weighted by molar-refractivity contribution is 5.95. The summed E-state index contributed by atoms with van der Waals surface area (Å²) in [6, 6.07) is 15.3. The van der Waals surface area contributed by atoms with Crippen molar-refractivity contribution in [3.8, 4) is 11.3 Å². The zero-order valence-electron chi connectivity index (χ0n) is 17.2. The van der Waals surface area contributed by atoms with Crippen LogP contribution in [0.2, 0.25) is 0 Å². The fourth-order valence-corrected chi connectivity index (χ4v) is 4.15. The molecule has 1 aliphatic rings. The number of amides is 1. The Bertz CT molecular complexity index is 1380. The Morgan fingerprint density at radius 3 is 2.75 bits per heavy atom. The van der Waals surface area contributed by atoms with Gasteiger partial charge < -0.3 is 16.0 Å². The Kier molecular flexibility index (Phi) is 4.82. The second-order valence-corrected chi connectivity index (χ2v) is 7.92. The number of carbonyl (C=O) groups is 1. The summed E-state index contributed by atoms with van der Waals surface area (Å²) in [5, 5.41) is 9.89. The van der Waals surface area contributed by atoms with E-state index >= 15 is 0 Å². The number of nitrogens with one attached hydrogen (secondary N) is 2. The third-order valence-corrected chi connectivity index (χ3v) is 5.89. The molecule has 0 saturated carbocycles. The number of aromatic amines is 1. The number of aromatic nitrogens is 2. The van der Waals surface area contributed by atoms with Crippen LogP contribution in [0.25, 0.3) is 11.3 Å². The summed E-state index contributed by atoms with van der Waals surface area (Å²) in [5.74, 6) is -0.168. The molecule has 1 aromatic heterocycles. The molecule has 0 fully saturated rings. The molecular formula is C24H21N5O3. The molecule has 0 atom stereocenters. The number of nitrogens with zero attached hydrogens (tertiary/aromatic N) is 2. The highest BCUT2D eigenvalue weighted by atomic mass is 16.2. The topological polar surface area (TPSA) is 121 Å². The molecule has 1 aliphatic heterocycles. The first kappa shape index (κ1) is 19.7. The highest BCUT2D eigenvalue weighted by Gasteiger charge is 2.26. The molecular weight excluding hydrogens is 406 g/mol. The van der Waals surface area contributed by atoms with Crippen LogP contribution in [0.1, 0.15) is 27.0 Å². The Morgan fingerprint density at radius 2 is 1.97 bits per heavy atom. The van der Waals surface area contributed by atoms with Crippen molar-refractivity contribution in [1.29, 1.82) is 0 Å². The molecule has 0 spiro atoms. The van der Waals surface area contributed by atoms with E-state index in [2.05, 4.69) is 21.6 Å². The molecule has 4 N–H and O–H groups in total. The van der Waals surface area contributed by atoms with Crippen LogP contribution >= 0.6 is 0 Å². The molecule has 0 radical (unpaired) electrons. The zero-order valence-corrected chi connectivity index (χ0v) is 17.2. The Morgan fingerprint density at radius 1 is 1.09 bits per heavy atom. The maximum absolute atomic E-state index is 12.7. The van der Waals surface area contributed by atoms with Gasteiger partial charge in [-0.25, -0.2) is 0 Å². The molecule has 3 aromatic carbocycles. The first-order valence-corrected chi connectivity index (χ1v) is 10.3. The van der Waals surface area contributed by atoms with Gasteiger partial charge in [-0.1, -0.05) is 30.3 Å². The molecule has 0 aliphatic carbocycles. The van der Waals surface area contributed by atoms with Crippen molar-refractivity contribution in [1.82, 2.24) is 15.5 Å². The number of hydrogen-bond donors (Lipinski definition) is 3. The molecule has 5 rings (SSSR count). The minimum Gasteiger partial charge on any atom is -0.394 e. The van der Waals surface area contributed by atoms with Crippen molar-refractivity contribution in [3.63, 3.8) is 0 Å². The summed E-state index contributed by atoms with van der Waals surface area (Å²) < 4.78 is 0. The number of benzene rings is 2. The second-order valence-electron chi connectivity index (χ2n) is 7.92. The average Bonchev–Trinajstić information content (AvgIpc) is 3.37. The van der Waals surface area contributed by atoms with Gasteiger partial charge in [-0.05, 0) is 41.3 Å². The van der Waals surface area contributed by atoms with Crippen molar-refractivity contribution < 1.29 is 4.79 Å². The summed E-state index contributed by atoms with van der Waals surface area (Å²) in [6.07, 6.45) is 2.50. The Balaban J connectivity index is 1.28. The van der Waals surface area contributed by atoms with Gasteiger partial charge in [-0.15, -0.1) is 0 Å². The number of H-pyrrole nitrogens is 1. The molecule has 32 heavy (non-hydrogen) atoms. The summed E-state index contributed by atoms with van der Waals surface area (Å²) in [4.78, 5) is 37.9. The van der Waals surface area contributed by atoms with E-state index in [1.807, 2.05) is 41.3 Å². The molecule has 160 valence electrons. The van der Waals surface area contributed by atoms with Crippen LogP contribution in [0.4, 0.5) is 11.4 Å². The maximum atomic E-state index is 12.7. The molecule has 0 saturated heterocycles. The van der Waals surface area contributed by atoms with Crippen molar-refractivity contribution in [3.05, 3.63) is 97.4 Å². The van der Waals surface area contributed by atoms with E-state index in [1.165, 1.54) is 5.56 Å². The van der Waals surface area contributed by atoms with E-state index in [4.69, 9.17) is 5.73 Å². The number of nitrogens with two attached hydrogens (primary N) is 1. The van der Waals surface area contributed by atoms with Crippen LogP contribution < -0.4 is 26.8 Å². The standard InChI is InChI=1S/C24H21N5O3/c25-20-21(23(31)22(20)30)29-9-7-15-5-4-14(10-18(15)13-29)12-26-24(32)17-3-1-2-16(11-17)19-6-8-27-28-19/h1-6,8,10-11H,7,9,12-13,25H2,(H,26,32)(H,27,28). The normalized spacial score (nSPS) is 13.2. The molecule has 2 heterocycles. The lowest BCUT2D eigenvalue weighted by atomic mass is 9.96. The van der Waals surface area contributed by atoms with Gasteiger partial charge in [-0.3, -0.25) is 19.5 Å². The van der Waals surface area contributed by atoms with Gasteiger partial charge in [-0.2, -0.15) is 5.10 Å². The number of nitrogen functional groups attached to an aromatic ring is 1. The predicted molar refractivity (Wildman–Crippen MR) is 122 cm³/mol. The van der Waals surface area contributed by atoms with Crippen molar-refractivity contribution in [2.75, 3.05) is 17.2 Å². The first-order valence-electron chi connectivity index (χ1n) is 10.3. The fraction of sp³-hybridized carbons (Fsp3) is 0.167. The number of carbonyl (C=O) groups excluding carboxylic acids is 1. The number of hydrogen-bond acceptors (Lipinski definition) is 6. The van der Waals surface area contributed by atoms with E-state index in [0.29, 0.717) is 30.9 Å². The van der Waals surface area contributed by atoms with Crippen LogP contribution in [0.3, 0.4) is 0 Å². The number of anilines is 2. The minimum atomic E-state index is -0.599. The van der Waals surface area contributed by atoms with E-state index in [9.17, 15) is 14.4 Å². The maximum Gasteiger partial charge on any atom is 0.253 e. The lowest BCUT2D eigenvalue weighted by Crippen LogP contribution is -2.44. The number of fused-ring (bicyclic) bond motifs is 1. The van der Waals surface area contributed by atoms with Gasteiger partial charge in [0.15, 0.2) is 0 Å². The molecule has 0 unspecified atom stereocenters. The average molecular weight is 427 g/mol. The Labute approximate surface area is 183 Å².